The molecule has 1 heterocycles. The van der Waals surface area contributed by atoms with Crippen molar-refractivity contribution in [2.45, 2.75) is 45.6 Å². The lowest BCUT2D eigenvalue weighted by atomic mass is 10.0. The topological polar surface area (TPSA) is 29.5 Å². The average molecular weight is 338 g/mol. The van der Waals surface area contributed by atoms with Crippen molar-refractivity contribution in [3.63, 3.8) is 0 Å². The zero-order chi connectivity index (χ0) is 14.5. The smallest absolute Gasteiger partial charge is 0.227 e. The molecule has 1 aromatic carbocycles. The largest absolute Gasteiger partial charge is 0.484 e. The number of hydrogen-bond donors (Lipinski definition) is 0. The minimum absolute atomic E-state index is 0.213. The molecule has 0 spiro atoms. The fourth-order valence-electron chi connectivity index (χ4n) is 2.66. The van der Waals surface area contributed by atoms with Gasteiger partial charge in [-0.15, -0.1) is 0 Å². The molecule has 1 aliphatic heterocycles. The molecule has 2 aliphatic rings. The maximum Gasteiger partial charge on any atom is 0.227 e. The number of amides is 1. The third kappa shape index (κ3) is 2.71. The van der Waals surface area contributed by atoms with E-state index in [0.29, 0.717) is 13.0 Å². The number of carbonyl (C=O) groups excluding carboxylic acids is 1. The van der Waals surface area contributed by atoms with Crippen LogP contribution in [0.5, 0.6) is 5.75 Å². The van der Waals surface area contributed by atoms with Crippen molar-refractivity contribution < 1.29 is 9.53 Å². The van der Waals surface area contributed by atoms with Crippen molar-refractivity contribution in [2.24, 2.45) is 5.41 Å². The van der Waals surface area contributed by atoms with Crippen molar-refractivity contribution in [1.82, 2.24) is 0 Å². The van der Waals surface area contributed by atoms with Gasteiger partial charge in [-0.1, -0.05) is 22.9 Å². The van der Waals surface area contributed by atoms with E-state index in [1.54, 1.807) is 0 Å². The Labute approximate surface area is 128 Å². The summed E-state index contributed by atoms with van der Waals surface area (Å²) in [5, 5.41) is 0. The third-order valence-electron chi connectivity index (χ3n) is 4.12. The molecule has 0 radical (unpaired) electrons. The molecule has 0 atom stereocenters. The fourth-order valence-corrected chi connectivity index (χ4v) is 3.00. The number of carbonyl (C=O) groups is 1. The second-order valence-corrected chi connectivity index (χ2v) is 7.86. The monoisotopic (exact) mass is 337 g/mol. The summed E-state index contributed by atoms with van der Waals surface area (Å²) < 4.78 is 6.97. The second kappa shape index (κ2) is 4.48. The summed E-state index contributed by atoms with van der Waals surface area (Å²) >= 11 is 3.46. The van der Waals surface area contributed by atoms with Crippen LogP contribution in [0.3, 0.4) is 0 Å². The molecule has 0 aromatic heterocycles. The van der Waals surface area contributed by atoms with Gasteiger partial charge in [0.25, 0.3) is 0 Å². The van der Waals surface area contributed by atoms with Crippen LogP contribution >= 0.6 is 15.9 Å². The molecule has 0 N–H and O–H groups in total. The summed E-state index contributed by atoms with van der Waals surface area (Å²) in [5.74, 6) is 0.995. The highest BCUT2D eigenvalue weighted by Crippen LogP contribution is 2.49. The standard InChI is InChI=1S/C16H20BrNO2/c1-15(2)10-18(14(19)9-16(3)6-7-16)12-5-4-11(17)8-13(12)20-15/h4-5,8H,6-7,9-10H2,1-3H3. The van der Waals surface area contributed by atoms with Gasteiger partial charge in [0.2, 0.25) is 5.91 Å². The Bertz CT molecular complexity index is 564. The van der Waals surface area contributed by atoms with Gasteiger partial charge in [0.15, 0.2) is 0 Å². The molecule has 20 heavy (non-hydrogen) atoms. The number of nitrogens with zero attached hydrogens (tertiary/aromatic N) is 1. The van der Waals surface area contributed by atoms with E-state index in [1.165, 1.54) is 12.8 Å². The van der Waals surface area contributed by atoms with Gasteiger partial charge in [0.05, 0.1) is 12.2 Å². The van der Waals surface area contributed by atoms with E-state index in [9.17, 15) is 4.79 Å². The van der Waals surface area contributed by atoms with Crippen molar-refractivity contribution in [2.75, 3.05) is 11.4 Å². The Morgan fingerprint density at radius 3 is 2.70 bits per heavy atom. The van der Waals surface area contributed by atoms with E-state index in [2.05, 4.69) is 22.9 Å². The predicted molar refractivity (Wildman–Crippen MR) is 83.2 cm³/mol. The van der Waals surface area contributed by atoms with E-state index >= 15 is 0 Å². The molecule has 0 unspecified atom stereocenters. The van der Waals surface area contributed by atoms with E-state index in [1.807, 2.05) is 36.9 Å². The molecule has 1 saturated carbocycles. The van der Waals surface area contributed by atoms with Crippen LogP contribution in [0.4, 0.5) is 5.69 Å². The lowest BCUT2D eigenvalue weighted by Gasteiger charge is -2.40. The first-order chi connectivity index (χ1) is 9.28. The molecule has 3 nitrogen and oxygen atoms in total. The molecule has 108 valence electrons. The molecule has 4 heteroatoms. The summed E-state index contributed by atoms with van der Waals surface area (Å²) in [7, 11) is 0. The number of anilines is 1. The summed E-state index contributed by atoms with van der Waals surface area (Å²) in [6, 6.07) is 5.86. The number of fused-ring (bicyclic) bond motifs is 1. The third-order valence-corrected chi connectivity index (χ3v) is 4.61. The Morgan fingerprint density at radius 1 is 1.35 bits per heavy atom. The van der Waals surface area contributed by atoms with Gasteiger partial charge in [0.1, 0.15) is 11.4 Å². The van der Waals surface area contributed by atoms with Gasteiger partial charge in [-0.05, 0) is 50.3 Å². The summed E-state index contributed by atoms with van der Waals surface area (Å²) in [4.78, 5) is 14.5. The van der Waals surface area contributed by atoms with E-state index < -0.39 is 0 Å². The summed E-state index contributed by atoms with van der Waals surface area (Å²) in [5.41, 5.74) is 0.768. The summed E-state index contributed by atoms with van der Waals surface area (Å²) in [6.07, 6.45) is 2.97. The van der Waals surface area contributed by atoms with Crippen LogP contribution in [0.25, 0.3) is 0 Å². The molecule has 3 rings (SSSR count). The van der Waals surface area contributed by atoms with Crippen LogP contribution in [-0.4, -0.2) is 18.1 Å². The van der Waals surface area contributed by atoms with Crippen molar-refractivity contribution in [3.05, 3.63) is 22.7 Å². The van der Waals surface area contributed by atoms with Crippen LogP contribution in [-0.2, 0) is 4.79 Å². The predicted octanol–water partition coefficient (Wildman–Crippen LogP) is 4.14. The van der Waals surface area contributed by atoms with Gasteiger partial charge >= 0.3 is 0 Å². The Kier molecular flexibility index (Phi) is 3.12. The number of rotatable bonds is 2. The molecule has 1 aromatic rings. The number of halogens is 1. The maximum absolute atomic E-state index is 12.6. The molecule has 1 aliphatic carbocycles. The molecular weight excluding hydrogens is 318 g/mol. The Balaban J connectivity index is 1.92. The normalized spacial score (nSPS) is 21.9. The molecule has 1 amide bonds. The minimum Gasteiger partial charge on any atom is -0.484 e. The molecule has 1 fully saturated rings. The van der Waals surface area contributed by atoms with Gasteiger partial charge in [-0.25, -0.2) is 0 Å². The van der Waals surface area contributed by atoms with Crippen LogP contribution in [0.2, 0.25) is 0 Å². The zero-order valence-electron chi connectivity index (χ0n) is 12.2. The number of hydrogen-bond acceptors (Lipinski definition) is 2. The lowest BCUT2D eigenvalue weighted by molar-refractivity contribution is -0.120. The van der Waals surface area contributed by atoms with Gasteiger partial charge in [0, 0.05) is 10.9 Å². The Hall–Kier alpha value is -1.03. The van der Waals surface area contributed by atoms with E-state index in [0.717, 1.165) is 15.9 Å². The highest BCUT2D eigenvalue weighted by molar-refractivity contribution is 9.10. The van der Waals surface area contributed by atoms with Crippen LogP contribution in [0, 0.1) is 5.41 Å². The zero-order valence-corrected chi connectivity index (χ0v) is 13.8. The van der Waals surface area contributed by atoms with Crippen molar-refractivity contribution >= 4 is 27.5 Å². The first kappa shape index (κ1) is 13.9. The number of benzene rings is 1. The average Bonchev–Trinajstić information content (AvgIpc) is 3.03. The van der Waals surface area contributed by atoms with Gasteiger partial charge in [-0.2, -0.15) is 0 Å². The SMILES string of the molecule is CC1(CC(=O)N2CC(C)(C)Oc3cc(Br)ccc32)CC1. The van der Waals surface area contributed by atoms with Gasteiger partial charge in [-0.3, -0.25) is 4.79 Å². The first-order valence-electron chi connectivity index (χ1n) is 7.07. The highest BCUT2D eigenvalue weighted by atomic mass is 79.9. The second-order valence-electron chi connectivity index (χ2n) is 6.94. The van der Waals surface area contributed by atoms with Crippen molar-refractivity contribution in [1.29, 1.82) is 0 Å². The minimum atomic E-state index is -0.353. The lowest BCUT2D eigenvalue weighted by Crippen LogP contribution is -2.49. The maximum atomic E-state index is 12.6. The quantitative estimate of drug-likeness (QED) is 0.811. The van der Waals surface area contributed by atoms with Gasteiger partial charge < -0.3 is 9.64 Å². The van der Waals surface area contributed by atoms with Crippen LogP contribution in [0.1, 0.15) is 40.0 Å². The number of ether oxygens (including phenoxy) is 1. The first-order valence-corrected chi connectivity index (χ1v) is 7.86. The highest BCUT2D eigenvalue weighted by Gasteiger charge is 2.42. The summed E-state index contributed by atoms with van der Waals surface area (Å²) in [6.45, 7) is 6.85. The fraction of sp³-hybridized carbons (Fsp3) is 0.562. The Morgan fingerprint density at radius 2 is 2.05 bits per heavy atom. The van der Waals surface area contributed by atoms with E-state index in [4.69, 9.17) is 4.74 Å². The van der Waals surface area contributed by atoms with E-state index in [-0.39, 0.29) is 16.9 Å². The molecular formula is C16H20BrNO2. The van der Waals surface area contributed by atoms with Crippen LogP contribution < -0.4 is 9.64 Å². The van der Waals surface area contributed by atoms with Crippen LogP contribution in [0.15, 0.2) is 22.7 Å². The molecule has 0 saturated heterocycles. The molecule has 0 bridgehead atoms. The van der Waals surface area contributed by atoms with Crippen molar-refractivity contribution in [3.8, 4) is 5.75 Å².